The van der Waals surface area contributed by atoms with E-state index in [1.807, 2.05) is 0 Å². The van der Waals surface area contributed by atoms with Crippen LogP contribution in [0.15, 0.2) is 46.9 Å². The van der Waals surface area contributed by atoms with Gasteiger partial charge in [-0.1, -0.05) is 0 Å². The summed E-state index contributed by atoms with van der Waals surface area (Å²) in [5.41, 5.74) is 1.06. The molecule has 0 aliphatic heterocycles. The number of rotatable bonds is 6. The van der Waals surface area contributed by atoms with Crippen LogP contribution in [-0.4, -0.2) is 44.5 Å². The minimum Gasteiger partial charge on any atom is -0.497 e. The Morgan fingerprint density at radius 3 is 2.24 bits per heavy atom. The van der Waals surface area contributed by atoms with Crippen molar-refractivity contribution < 1.29 is 19.1 Å². The molecular weight excluding hydrogens is 388 g/mol. The highest BCUT2D eigenvalue weighted by Gasteiger charge is 2.18. The van der Waals surface area contributed by atoms with Crippen LogP contribution in [0.2, 0.25) is 0 Å². The van der Waals surface area contributed by atoms with Crippen LogP contribution in [0, 0.1) is 0 Å². The van der Waals surface area contributed by atoms with Gasteiger partial charge in [-0.2, -0.15) is 0 Å². The molecule has 6 nitrogen and oxygen atoms in total. The predicted molar refractivity (Wildman–Crippen MR) is 99.3 cm³/mol. The highest BCUT2D eigenvalue weighted by molar-refractivity contribution is 9.10. The lowest BCUT2D eigenvalue weighted by atomic mass is 10.2. The Labute approximate surface area is 154 Å². The molecule has 2 rings (SSSR count). The topological polar surface area (TPSA) is 67.9 Å². The standard InChI is InChI=1S/C18H19BrN2O4/c1-21(18(23)15-10-14(25-3)8-9-16(15)19)11-17(22)20-12-4-6-13(24-2)7-5-12/h4-10H,11H2,1-3H3,(H,20,22). The van der Waals surface area contributed by atoms with Gasteiger partial charge >= 0.3 is 0 Å². The molecular formula is C18H19BrN2O4. The van der Waals surface area contributed by atoms with Crippen molar-refractivity contribution in [3.63, 3.8) is 0 Å². The quantitative estimate of drug-likeness (QED) is 0.799. The van der Waals surface area contributed by atoms with Crippen molar-refractivity contribution >= 4 is 33.4 Å². The lowest BCUT2D eigenvalue weighted by Crippen LogP contribution is -2.35. The van der Waals surface area contributed by atoms with E-state index in [9.17, 15) is 9.59 Å². The number of anilines is 1. The molecule has 0 heterocycles. The van der Waals surface area contributed by atoms with E-state index in [1.165, 1.54) is 12.0 Å². The number of nitrogens with zero attached hydrogens (tertiary/aromatic N) is 1. The Bertz CT molecular complexity index is 762. The van der Waals surface area contributed by atoms with E-state index in [4.69, 9.17) is 9.47 Å². The molecule has 2 amide bonds. The highest BCUT2D eigenvalue weighted by atomic mass is 79.9. The number of halogens is 1. The van der Waals surface area contributed by atoms with Gasteiger partial charge in [0, 0.05) is 17.2 Å². The van der Waals surface area contributed by atoms with E-state index < -0.39 is 0 Å². The van der Waals surface area contributed by atoms with E-state index in [0.29, 0.717) is 27.2 Å². The van der Waals surface area contributed by atoms with Crippen molar-refractivity contribution in [3.8, 4) is 11.5 Å². The maximum Gasteiger partial charge on any atom is 0.255 e. The Morgan fingerprint density at radius 1 is 1.04 bits per heavy atom. The Balaban J connectivity index is 2.01. The molecule has 0 saturated heterocycles. The fourth-order valence-electron chi connectivity index (χ4n) is 2.16. The molecule has 1 N–H and O–H groups in total. The van der Waals surface area contributed by atoms with Gasteiger partial charge in [0.15, 0.2) is 0 Å². The van der Waals surface area contributed by atoms with Crippen LogP contribution >= 0.6 is 15.9 Å². The van der Waals surface area contributed by atoms with Gasteiger partial charge in [0.25, 0.3) is 5.91 Å². The Kier molecular flexibility index (Phi) is 6.41. The molecule has 0 atom stereocenters. The molecule has 0 bridgehead atoms. The zero-order valence-corrected chi connectivity index (χ0v) is 15.8. The van der Waals surface area contributed by atoms with Crippen molar-refractivity contribution in [3.05, 3.63) is 52.5 Å². The Morgan fingerprint density at radius 2 is 1.64 bits per heavy atom. The van der Waals surface area contributed by atoms with Gasteiger partial charge in [-0.25, -0.2) is 0 Å². The zero-order valence-electron chi connectivity index (χ0n) is 14.2. The second kappa shape index (κ2) is 8.53. The molecule has 0 spiro atoms. The van der Waals surface area contributed by atoms with Gasteiger partial charge in [0.05, 0.1) is 26.3 Å². The minimum atomic E-state index is -0.292. The van der Waals surface area contributed by atoms with Crippen LogP contribution in [0.1, 0.15) is 10.4 Å². The molecule has 0 fully saturated rings. The first-order chi connectivity index (χ1) is 11.9. The molecule has 2 aromatic carbocycles. The maximum atomic E-state index is 12.5. The predicted octanol–water partition coefficient (Wildman–Crippen LogP) is 3.18. The average molecular weight is 407 g/mol. The van der Waals surface area contributed by atoms with Crippen molar-refractivity contribution in [1.29, 1.82) is 0 Å². The molecule has 0 aliphatic rings. The van der Waals surface area contributed by atoms with E-state index in [0.717, 1.165) is 0 Å². The molecule has 0 unspecified atom stereocenters. The highest BCUT2D eigenvalue weighted by Crippen LogP contribution is 2.23. The first kappa shape index (κ1) is 18.8. The third-order valence-electron chi connectivity index (χ3n) is 3.51. The van der Waals surface area contributed by atoms with Crippen LogP contribution in [0.3, 0.4) is 0 Å². The number of ether oxygens (including phenoxy) is 2. The van der Waals surface area contributed by atoms with Crippen LogP contribution in [0.25, 0.3) is 0 Å². The lowest BCUT2D eigenvalue weighted by Gasteiger charge is -2.18. The third kappa shape index (κ3) is 4.96. The summed E-state index contributed by atoms with van der Waals surface area (Å²) in [6, 6.07) is 12.1. The maximum absolute atomic E-state index is 12.5. The lowest BCUT2D eigenvalue weighted by molar-refractivity contribution is -0.116. The molecule has 2 aromatic rings. The normalized spacial score (nSPS) is 10.1. The van der Waals surface area contributed by atoms with Gasteiger partial charge in [0.2, 0.25) is 5.91 Å². The van der Waals surface area contributed by atoms with Gasteiger partial charge in [0.1, 0.15) is 11.5 Å². The minimum absolute atomic E-state index is 0.0749. The van der Waals surface area contributed by atoms with Gasteiger partial charge in [-0.3, -0.25) is 9.59 Å². The second-order valence-corrected chi connectivity index (χ2v) is 6.14. The van der Waals surface area contributed by atoms with E-state index >= 15 is 0 Å². The summed E-state index contributed by atoms with van der Waals surface area (Å²) in [5, 5.41) is 2.74. The third-order valence-corrected chi connectivity index (χ3v) is 4.20. The summed E-state index contributed by atoms with van der Waals surface area (Å²) in [7, 11) is 4.68. The molecule has 0 aromatic heterocycles. The van der Waals surface area contributed by atoms with Crippen molar-refractivity contribution in [2.24, 2.45) is 0 Å². The first-order valence-corrected chi connectivity index (χ1v) is 8.26. The fraction of sp³-hybridized carbons (Fsp3) is 0.222. The number of benzene rings is 2. The molecule has 7 heteroatoms. The number of hydrogen-bond acceptors (Lipinski definition) is 4. The van der Waals surface area contributed by atoms with Crippen LogP contribution in [0.4, 0.5) is 5.69 Å². The summed E-state index contributed by atoms with van der Waals surface area (Å²) in [5.74, 6) is 0.700. The summed E-state index contributed by atoms with van der Waals surface area (Å²) in [6.07, 6.45) is 0. The number of hydrogen-bond donors (Lipinski definition) is 1. The number of carbonyl (C=O) groups excluding carboxylic acids is 2. The molecule has 0 radical (unpaired) electrons. The smallest absolute Gasteiger partial charge is 0.255 e. The summed E-state index contributed by atoms with van der Waals surface area (Å²) in [4.78, 5) is 26.0. The van der Waals surface area contributed by atoms with Gasteiger partial charge < -0.3 is 19.7 Å². The number of nitrogens with one attached hydrogen (secondary N) is 1. The van der Waals surface area contributed by atoms with Crippen molar-refractivity contribution in [1.82, 2.24) is 4.90 Å². The summed E-state index contributed by atoms with van der Waals surface area (Å²) >= 11 is 3.35. The van der Waals surface area contributed by atoms with Crippen molar-refractivity contribution in [2.75, 3.05) is 33.1 Å². The number of methoxy groups -OCH3 is 2. The SMILES string of the molecule is COc1ccc(NC(=O)CN(C)C(=O)c2cc(OC)ccc2Br)cc1. The molecule has 0 aliphatic carbocycles. The van der Waals surface area contributed by atoms with Crippen LogP contribution in [-0.2, 0) is 4.79 Å². The first-order valence-electron chi connectivity index (χ1n) is 7.47. The van der Waals surface area contributed by atoms with E-state index in [-0.39, 0.29) is 18.4 Å². The molecule has 132 valence electrons. The average Bonchev–Trinajstić information content (AvgIpc) is 2.62. The summed E-state index contributed by atoms with van der Waals surface area (Å²) in [6.45, 7) is -0.0749. The monoisotopic (exact) mass is 406 g/mol. The van der Waals surface area contributed by atoms with Crippen LogP contribution < -0.4 is 14.8 Å². The Hall–Kier alpha value is -2.54. The van der Waals surface area contributed by atoms with E-state index in [2.05, 4.69) is 21.2 Å². The molecule has 0 saturated carbocycles. The van der Waals surface area contributed by atoms with Gasteiger partial charge in [-0.15, -0.1) is 0 Å². The fourth-order valence-corrected chi connectivity index (χ4v) is 2.58. The molecule has 25 heavy (non-hydrogen) atoms. The summed E-state index contributed by atoms with van der Waals surface area (Å²) < 4.78 is 10.8. The zero-order chi connectivity index (χ0) is 18.4. The largest absolute Gasteiger partial charge is 0.497 e. The van der Waals surface area contributed by atoms with Crippen LogP contribution in [0.5, 0.6) is 11.5 Å². The second-order valence-electron chi connectivity index (χ2n) is 5.28. The number of carbonyl (C=O) groups is 2. The number of likely N-dealkylation sites (N-methyl/N-ethyl adjacent to an activating group) is 1. The van der Waals surface area contributed by atoms with Crippen molar-refractivity contribution in [2.45, 2.75) is 0 Å². The number of amides is 2. The van der Waals surface area contributed by atoms with Gasteiger partial charge in [-0.05, 0) is 58.4 Å². The van der Waals surface area contributed by atoms with E-state index in [1.54, 1.807) is 56.6 Å².